The minimum absolute atomic E-state index is 0.0367. The van der Waals surface area contributed by atoms with Gasteiger partial charge in [0.15, 0.2) is 0 Å². The fraction of sp³-hybridized carbons (Fsp3) is 0.750. The quantitative estimate of drug-likeness (QED) is 0.464. The van der Waals surface area contributed by atoms with Crippen LogP contribution in [0.25, 0.3) is 0 Å². The van der Waals surface area contributed by atoms with E-state index in [1.54, 1.807) is 0 Å². The van der Waals surface area contributed by atoms with Crippen LogP contribution in [-0.4, -0.2) is 30.4 Å². The molecule has 0 aromatic heterocycles. The summed E-state index contributed by atoms with van der Waals surface area (Å²) in [5.41, 5.74) is 5.01. The van der Waals surface area contributed by atoms with Gasteiger partial charge >= 0.3 is 5.97 Å². The third-order valence-corrected chi connectivity index (χ3v) is 2.33. The third kappa shape index (κ3) is 8.55. The predicted molar refractivity (Wildman–Crippen MR) is 66.5 cm³/mol. The molecule has 0 aromatic carbocycles. The Morgan fingerprint density at radius 3 is 2.44 bits per heavy atom. The second kappa shape index (κ2) is 9.44. The van der Waals surface area contributed by atoms with Gasteiger partial charge in [-0.15, -0.1) is 0 Å². The zero-order chi connectivity index (χ0) is 14.0. The number of nitrogens with two attached hydrogens (primary N) is 1. The van der Waals surface area contributed by atoms with Crippen LogP contribution in [0.1, 0.15) is 46.0 Å². The number of carbonyl (C=O) groups is 3. The van der Waals surface area contributed by atoms with Crippen LogP contribution < -0.4 is 11.1 Å². The number of unbranched alkanes of at least 4 members (excludes halogenated alkanes) is 2. The van der Waals surface area contributed by atoms with E-state index < -0.39 is 17.9 Å². The number of carbonyl (C=O) groups excluding carboxylic acids is 3. The fourth-order valence-electron chi connectivity index (χ4n) is 1.41. The predicted octanol–water partition coefficient (Wildman–Crippen LogP) is 0.490. The SMILES string of the molecule is CCCCCOC(=O)[C@H](CCC(N)=O)NC(C)=O. The molecular weight excluding hydrogens is 236 g/mol. The Bertz CT molecular complexity index is 292. The zero-order valence-corrected chi connectivity index (χ0v) is 11.0. The first-order valence-electron chi connectivity index (χ1n) is 6.19. The summed E-state index contributed by atoms with van der Waals surface area (Å²) in [6, 6.07) is -0.795. The lowest BCUT2D eigenvalue weighted by molar-refractivity contribution is -0.148. The maximum absolute atomic E-state index is 11.7. The molecule has 0 aromatic rings. The van der Waals surface area contributed by atoms with Crippen molar-refractivity contribution in [2.24, 2.45) is 5.73 Å². The number of amides is 2. The van der Waals surface area contributed by atoms with E-state index in [9.17, 15) is 14.4 Å². The van der Waals surface area contributed by atoms with Crippen molar-refractivity contribution in [1.82, 2.24) is 5.32 Å². The summed E-state index contributed by atoms with van der Waals surface area (Å²) >= 11 is 0. The first kappa shape index (κ1) is 16.4. The van der Waals surface area contributed by atoms with Crippen molar-refractivity contribution in [1.29, 1.82) is 0 Å². The summed E-state index contributed by atoms with van der Waals surface area (Å²) in [6.45, 7) is 3.69. The molecule has 18 heavy (non-hydrogen) atoms. The maximum Gasteiger partial charge on any atom is 0.328 e. The van der Waals surface area contributed by atoms with Crippen LogP contribution in [0.5, 0.6) is 0 Å². The van der Waals surface area contributed by atoms with E-state index in [0.29, 0.717) is 6.61 Å². The Hall–Kier alpha value is -1.59. The van der Waals surface area contributed by atoms with Gasteiger partial charge in [-0.25, -0.2) is 4.79 Å². The molecule has 6 heteroatoms. The van der Waals surface area contributed by atoms with Gasteiger partial charge < -0.3 is 15.8 Å². The van der Waals surface area contributed by atoms with Crippen LogP contribution >= 0.6 is 0 Å². The molecule has 6 nitrogen and oxygen atoms in total. The standard InChI is InChI=1S/C12H22N2O4/c1-3-4-5-8-18-12(17)10(14-9(2)15)6-7-11(13)16/h10H,3-8H2,1-2H3,(H2,13,16)(H,14,15)/t10-/m0/s1. The second-order valence-electron chi connectivity index (χ2n) is 4.13. The number of hydrogen-bond donors (Lipinski definition) is 2. The number of esters is 1. The molecule has 0 rings (SSSR count). The molecule has 3 N–H and O–H groups in total. The molecule has 1 atom stereocenters. The van der Waals surface area contributed by atoms with Crippen molar-refractivity contribution >= 4 is 17.8 Å². The van der Waals surface area contributed by atoms with Crippen molar-refractivity contribution in [3.05, 3.63) is 0 Å². The number of nitrogens with one attached hydrogen (secondary N) is 1. The first-order chi connectivity index (χ1) is 8.47. The minimum Gasteiger partial charge on any atom is -0.464 e. The van der Waals surface area contributed by atoms with Gasteiger partial charge in [-0.1, -0.05) is 19.8 Å². The Labute approximate surface area is 107 Å². The van der Waals surface area contributed by atoms with E-state index in [-0.39, 0.29) is 18.7 Å². The van der Waals surface area contributed by atoms with Gasteiger partial charge in [0.05, 0.1) is 6.61 Å². The van der Waals surface area contributed by atoms with E-state index in [0.717, 1.165) is 19.3 Å². The molecule has 0 heterocycles. The Kier molecular flexibility index (Phi) is 8.61. The highest BCUT2D eigenvalue weighted by Crippen LogP contribution is 2.02. The molecule has 0 saturated carbocycles. The summed E-state index contributed by atoms with van der Waals surface area (Å²) in [6.07, 6.45) is 3.02. The van der Waals surface area contributed by atoms with Crippen molar-refractivity contribution in [3.8, 4) is 0 Å². The highest BCUT2D eigenvalue weighted by Gasteiger charge is 2.21. The van der Waals surface area contributed by atoms with Crippen LogP contribution in [0.2, 0.25) is 0 Å². The summed E-state index contributed by atoms with van der Waals surface area (Å²) in [4.78, 5) is 33.3. The van der Waals surface area contributed by atoms with Gasteiger partial charge in [-0.05, 0) is 12.8 Å². The van der Waals surface area contributed by atoms with Gasteiger partial charge in [0.25, 0.3) is 0 Å². The number of ether oxygens (including phenoxy) is 1. The molecule has 0 aliphatic carbocycles. The third-order valence-electron chi connectivity index (χ3n) is 2.33. The summed E-state index contributed by atoms with van der Waals surface area (Å²) in [5, 5.41) is 2.45. The zero-order valence-electron chi connectivity index (χ0n) is 11.0. The maximum atomic E-state index is 11.7. The van der Waals surface area contributed by atoms with Crippen LogP contribution in [-0.2, 0) is 19.1 Å². The van der Waals surface area contributed by atoms with Crippen LogP contribution in [0.3, 0.4) is 0 Å². The molecule has 0 fully saturated rings. The van der Waals surface area contributed by atoms with Gasteiger partial charge in [0, 0.05) is 13.3 Å². The van der Waals surface area contributed by atoms with Gasteiger partial charge in [-0.2, -0.15) is 0 Å². The summed E-state index contributed by atoms with van der Waals surface area (Å²) in [7, 11) is 0. The molecule has 2 amide bonds. The lowest BCUT2D eigenvalue weighted by Gasteiger charge is -2.16. The van der Waals surface area contributed by atoms with Crippen LogP contribution in [0.4, 0.5) is 0 Å². The lowest BCUT2D eigenvalue weighted by atomic mass is 10.1. The Balaban J connectivity index is 4.13. The lowest BCUT2D eigenvalue weighted by Crippen LogP contribution is -2.41. The average Bonchev–Trinajstić information content (AvgIpc) is 2.29. The number of hydrogen-bond acceptors (Lipinski definition) is 4. The first-order valence-corrected chi connectivity index (χ1v) is 6.19. The van der Waals surface area contributed by atoms with Crippen LogP contribution in [0, 0.1) is 0 Å². The smallest absolute Gasteiger partial charge is 0.328 e. The molecule has 0 radical (unpaired) electrons. The summed E-state index contributed by atoms with van der Waals surface area (Å²) < 4.78 is 5.03. The number of rotatable bonds is 9. The monoisotopic (exact) mass is 258 g/mol. The molecule has 104 valence electrons. The van der Waals surface area contributed by atoms with E-state index in [1.807, 2.05) is 0 Å². The van der Waals surface area contributed by atoms with Gasteiger partial charge in [0.1, 0.15) is 6.04 Å². The largest absolute Gasteiger partial charge is 0.464 e. The molecule has 0 aliphatic heterocycles. The Morgan fingerprint density at radius 1 is 1.28 bits per heavy atom. The highest BCUT2D eigenvalue weighted by atomic mass is 16.5. The minimum atomic E-state index is -0.795. The average molecular weight is 258 g/mol. The molecule has 0 saturated heterocycles. The number of primary amides is 1. The molecule has 0 spiro atoms. The second-order valence-corrected chi connectivity index (χ2v) is 4.13. The molecule has 0 bridgehead atoms. The van der Waals surface area contributed by atoms with Crippen molar-refractivity contribution in [2.75, 3.05) is 6.61 Å². The van der Waals surface area contributed by atoms with E-state index >= 15 is 0 Å². The van der Waals surface area contributed by atoms with Crippen LogP contribution in [0.15, 0.2) is 0 Å². The summed E-state index contributed by atoms with van der Waals surface area (Å²) in [5.74, 6) is -1.36. The van der Waals surface area contributed by atoms with Gasteiger partial charge in [-0.3, -0.25) is 9.59 Å². The normalized spacial score (nSPS) is 11.7. The molecule has 0 unspecified atom stereocenters. The topological polar surface area (TPSA) is 98.5 Å². The van der Waals surface area contributed by atoms with E-state index in [4.69, 9.17) is 10.5 Å². The Morgan fingerprint density at radius 2 is 1.94 bits per heavy atom. The molecular formula is C12H22N2O4. The van der Waals surface area contributed by atoms with E-state index in [2.05, 4.69) is 12.2 Å². The van der Waals surface area contributed by atoms with Crippen molar-refractivity contribution in [3.63, 3.8) is 0 Å². The van der Waals surface area contributed by atoms with Crippen molar-refractivity contribution < 1.29 is 19.1 Å². The highest BCUT2D eigenvalue weighted by molar-refractivity contribution is 5.84. The molecule has 0 aliphatic rings. The fourth-order valence-corrected chi connectivity index (χ4v) is 1.41. The van der Waals surface area contributed by atoms with Crippen molar-refractivity contribution in [2.45, 2.75) is 52.0 Å². The van der Waals surface area contributed by atoms with Gasteiger partial charge in [0.2, 0.25) is 11.8 Å². The van der Waals surface area contributed by atoms with E-state index in [1.165, 1.54) is 6.92 Å².